The molecule has 6 heteroatoms. The molecular formula is C19H30N4O2. The molecule has 25 heavy (non-hydrogen) atoms. The number of aliphatic imine (C=N–C) groups is 1. The molecule has 2 N–H and O–H groups in total. The van der Waals surface area contributed by atoms with Gasteiger partial charge in [-0.2, -0.15) is 0 Å². The van der Waals surface area contributed by atoms with Gasteiger partial charge in [-0.05, 0) is 44.0 Å². The van der Waals surface area contributed by atoms with Gasteiger partial charge in [-0.1, -0.05) is 6.08 Å². The van der Waals surface area contributed by atoms with Crippen LogP contribution in [0.1, 0.15) is 30.1 Å². The van der Waals surface area contributed by atoms with E-state index in [1.54, 1.807) is 31.4 Å². The zero-order valence-electron chi connectivity index (χ0n) is 15.5. The Morgan fingerprint density at radius 3 is 2.64 bits per heavy atom. The van der Waals surface area contributed by atoms with Gasteiger partial charge in [0.15, 0.2) is 5.96 Å². The maximum atomic E-state index is 12.1. The Hall–Kier alpha value is -2.50. The first kappa shape index (κ1) is 20.5. The summed E-state index contributed by atoms with van der Waals surface area (Å²) in [6.07, 6.45) is 3.95. The first-order valence-electron chi connectivity index (χ1n) is 8.65. The van der Waals surface area contributed by atoms with Gasteiger partial charge in [-0.15, -0.1) is 6.58 Å². The first-order valence-corrected chi connectivity index (χ1v) is 8.65. The molecule has 138 valence electrons. The number of carbonyl (C=O) groups excluding carboxylic acids is 1. The molecule has 0 heterocycles. The zero-order chi connectivity index (χ0) is 18.5. The van der Waals surface area contributed by atoms with Crippen molar-refractivity contribution in [1.29, 1.82) is 0 Å². The number of hydrogen-bond donors (Lipinski definition) is 2. The molecule has 0 aromatic heterocycles. The minimum absolute atomic E-state index is 0.109. The molecule has 0 saturated heterocycles. The van der Waals surface area contributed by atoms with Crippen LogP contribution in [0, 0.1) is 0 Å². The lowest BCUT2D eigenvalue weighted by atomic mass is 10.2. The minimum Gasteiger partial charge on any atom is -0.497 e. The van der Waals surface area contributed by atoms with Crippen molar-refractivity contribution in [1.82, 2.24) is 15.5 Å². The summed E-state index contributed by atoms with van der Waals surface area (Å²) in [6.45, 7) is 8.51. The van der Waals surface area contributed by atoms with Gasteiger partial charge >= 0.3 is 0 Å². The molecule has 6 nitrogen and oxygen atoms in total. The fourth-order valence-electron chi connectivity index (χ4n) is 2.22. The highest BCUT2D eigenvalue weighted by molar-refractivity contribution is 5.94. The monoisotopic (exact) mass is 346 g/mol. The van der Waals surface area contributed by atoms with Crippen LogP contribution < -0.4 is 15.4 Å². The van der Waals surface area contributed by atoms with Gasteiger partial charge in [0.1, 0.15) is 5.75 Å². The molecule has 0 aliphatic rings. The number of ether oxygens (including phenoxy) is 1. The van der Waals surface area contributed by atoms with Crippen molar-refractivity contribution in [3.63, 3.8) is 0 Å². The SMILES string of the molecule is C=CCCCN(C)C(=NCCNC(=O)c1ccc(OC)cc1)NCC. The molecule has 0 saturated carbocycles. The molecule has 1 rings (SSSR count). The number of guanidine groups is 1. The molecule has 0 unspecified atom stereocenters. The first-order chi connectivity index (χ1) is 12.1. The standard InChI is InChI=1S/C19H30N4O2/c1-5-7-8-15-23(3)19(20-6-2)22-14-13-21-18(24)16-9-11-17(25-4)12-10-16/h5,9-12H,1,6-8,13-15H2,2-4H3,(H,20,22)(H,21,24). The normalized spacial score (nSPS) is 10.9. The predicted molar refractivity (Wildman–Crippen MR) is 103 cm³/mol. The van der Waals surface area contributed by atoms with Crippen LogP contribution >= 0.6 is 0 Å². The highest BCUT2D eigenvalue weighted by atomic mass is 16.5. The molecule has 0 bridgehead atoms. The third-order valence-electron chi connectivity index (χ3n) is 3.61. The number of nitrogens with zero attached hydrogens (tertiary/aromatic N) is 2. The van der Waals surface area contributed by atoms with E-state index in [0.29, 0.717) is 18.7 Å². The van der Waals surface area contributed by atoms with Crippen LogP contribution in [-0.4, -0.2) is 57.1 Å². The molecule has 0 radical (unpaired) electrons. The Morgan fingerprint density at radius 2 is 2.04 bits per heavy atom. The summed E-state index contributed by atoms with van der Waals surface area (Å²) >= 11 is 0. The molecular weight excluding hydrogens is 316 g/mol. The Labute approximate surface area is 151 Å². The number of unbranched alkanes of at least 4 members (excludes halogenated alkanes) is 1. The minimum atomic E-state index is -0.109. The van der Waals surface area contributed by atoms with Gasteiger partial charge in [-0.3, -0.25) is 9.79 Å². The van der Waals surface area contributed by atoms with Crippen molar-refractivity contribution < 1.29 is 9.53 Å². The summed E-state index contributed by atoms with van der Waals surface area (Å²) in [5.41, 5.74) is 0.609. The molecule has 0 spiro atoms. The lowest BCUT2D eigenvalue weighted by Gasteiger charge is -2.21. The quantitative estimate of drug-likeness (QED) is 0.295. The van der Waals surface area contributed by atoms with Crippen molar-refractivity contribution in [2.45, 2.75) is 19.8 Å². The Morgan fingerprint density at radius 1 is 1.32 bits per heavy atom. The average molecular weight is 346 g/mol. The lowest BCUT2D eigenvalue weighted by Crippen LogP contribution is -2.40. The van der Waals surface area contributed by atoms with Crippen molar-refractivity contribution in [2.75, 3.05) is 40.3 Å². The summed E-state index contributed by atoms with van der Waals surface area (Å²) in [4.78, 5) is 18.7. The second kappa shape index (κ2) is 11.9. The molecule has 0 aliphatic heterocycles. The van der Waals surface area contributed by atoms with Crippen LogP contribution in [-0.2, 0) is 0 Å². The number of carbonyl (C=O) groups is 1. The van der Waals surface area contributed by atoms with Crippen LogP contribution in [0.25, 0.3) is 0 Å². The van der Waals surface area contributed by atoms with Crippen molar-refractivity contribution >= 4 is 11.9 Å². The third-order valence-corrected chi connectivity index (χ3v) is 3.61. The van der Waals surface area contributed by atoms with E-state index in [9.17, 15) is 4.79 Å². The number of rotatable bonds is 10. The van der Waals surface area contributed by atoms with Crippen LogP contribution in [0.5, 0.6) is 5.75 Å². The maximum absolute atomic E-state index is 12.1. The Kier molecular flexibility index (Phi) is 9.82. The zero-order valence-corrected chi connectivity index (χ0v) is 15.5. The van der Waals surface area contributed by atoms with E-state index in [1.165, 1.54) is 0 Å². The average Bonchev–Trinajstić information content (AvgIpc) is 2.64. The predicted octanol–water partition coefficient (Wildman–Crippen LogP) is 2.29. The number of allylic oxidation sites excluding steroid dienone is 1. The summed E-state index contributed by atoms with van der Waals surface area (Å²) in [5.74, 6) is 1.48. The van der Waals surface area contributed by atoms with Gasteiger partial charge in [0.2, 0.25) is 0 Å². The fraction of sp³-hybridized carbons (Fsp3) is 0.474. The van der Waals surface area contributed by atoms with Gasteiger partial charge in [-0.25, -0.2) is 0 Å². The van der Waals surface area contributed by atoms with E-state index < -0.39 is 0 Å². The van der Waals surface area contributed by atoms with Crippen LogP contribution in [0.4, 0.5) is 0 Å². The number of benzene rings is 1. The van der Waals surface area contributed by atoms with Crippen LogP contribution in [0.15, 0.2) is 41.9 Å². The number of methoxy groups -OCH3 is 1. The third kappa shape index (κ3) is 7.74. The van der Waals surface area contributed by atoms with Crippen LogP contribution in [0.2, 0.25) is 0 Å². The second-order valence-electron chi connectivity index (χ2n) is 5.57. The van der Waals surface area contributed by atoms with E-state index in [2.05, 4.69) is 27.1 Å². The molecule has 0 fully saturated rings. The van der Waals surface area contributed by atoms with Crippen molar-refractivity contribution in [2.24, 2.45) is 4.99 Å². The molecule has 0 aliphatic carbocycles. The number of hydrogen-bond acceptors (Lipinski definition) is 3. The van der Waals surface area contributed by atoms with Gasteiger partial charge < -0.3 is 20.3 Å². The largest absolute Gasteiger partial charge is 0.497 e. The molecule has 1 aromatic carbocycles. The van der Waals surface area contributed by atoms with Gasteiger partial charge in [0.05, 0.1) is 13.7 Å². The number of amides is 1. The van der Waals surface area contributed by atoms with E-state index in [4.69, 9.17) is 4.74 Å². The van der Waals surface area contributed by atoms with E-state index >= 15 is 0 Å². The van der Waals surface area contributed by atoms with E-state index in [-0.39, 0.29) is 5.91 Å². The van der Waals surface area contributed by atoms with E-state index in [1.807, 2.05) is 20.0 Å². The summed E-state index contributed by atoms with van der Waals surface area (Å²) in [6, 6.07) is 7.03. The summed E-state index contributed by atoms with van der Waals surface area (Å²) in [5, 5.41) is 6.14. The highest BCUT2D eigenvalue weighted by Gasteiger charge is 2.06. The summed E-state index contributed by atoms with van der Waals surface area (Å²) < 4.78 is 5.09. The van der Waals surface area contributed by atoms with Crippen LogP contribution in [0.3, 0.4) is 0 Å². The molecule has 1 aromatic rings. The molecule has 1 amide bonds. The fourth-order valence-corrected chi connectivity index (χ4v) is 2.22. The highest BCUT2D eigenvalue weighted by Crippen LogP contribution is 2.10. The summed E-state index contributed by atoms with van der Waals surface area (Å²) in [7, 11) is 3.62. The van der Waals surface area contributed by atoms with E-state index in [0.717, 1.165) is 37.6 Å². The van der Waals surface area contributed by atoms with Crippen molar-refractivity contribution in [3.8, 4) is 5.75 Å². The second-order valence-corrected chi connectivity index (χ2v) is 5.57. The number of nitrogens with one attached hydrogen (secondary N) is 2. The lowest BCUT2D eigenvalue weighted by molar-refractivity contribution is 0.0954. The van der Waals surface area contributed by atoms with Crippen molar-refractivity contribution in [3.05, 3.63) is 42.5 Å². The molecule has 0 atom stereocenters. The topological polar surface area (TPSA) is 66.0 Å². The Bertz CT molecular complexity index is 555. The van der Waals surface area contributed by atoms with Gasteiger partial charge in [0, 0.05) is 32.2 Å². The smallest absolute Gasteiger partial charge is 0.251 e. The van der Waals surface area contributed by atoms with Gasteiger partial charge in [0.25, 0.3) is 5.91 Å². The maximum Gasteiger partial charge on any atom is 0.251 e. The Balaban J connectivity index is 2.45.